The average Bonchev–Trinajstić information content (AvgIpc) is 2.87. The van der Waals surface area contributed by atoms with Gasteiger partial charge in [0.05, 0.1) is 30.9 Å². The minimum atomic E-state index is -3.83. The van der Waals surface area contributed by atoms with Gasteiger partial charge in [-0.1, -0.05) is 38.8 Å². The lowest BCUT2D eigenvalue weighted by Gasteiger charge is -2.38. The molecule has 0 aromatic heterocycles. The van der Waals surface area contributed by atoms with Crippen LogP contribution in [0.5, 0.6) is 5.75 Å². The molecule has 9 heteroatoms. The predicted molar refractivity (Wildman–Crippen MR) is 133 cm³/mol. The number of sulfonamides is 1. The van der Waals surface area contributed by atoms with Crippen LogP contribution in [0.25, 0.3) is 0 Å². The van der Waals surface area contributed by atoms with E-state index in [4.69, 9.17) is 9.47 Å². The van der Waals surface area contributed by atoms with Crippen molar-refractivity contribution in [3.63, 3.8) is 0 Å². The molecular weight excluding hydrogens is 454 g/mol. The van der Waals surface area contributed by atoms with Gasteiger partial charge < -0.3 is 14.8 Å². The van der Waals surface area contributed by atoms with Crippen LogP contribution in [0.3, 0.4) is 0 Å². The highest BCUT2D eigenvalue weighted by Gasteiger charge is 2.27. The highest BCUT2D eigenvalue weighted by molar-refractivity contribution is 7.92. The minimum Gasteiger partial charge on any atom is -0.495 e. The second-order valence-electron chi connectivity index (χ2n) is 8.33. The van der Waals surface area contributed by atoms with Crippen molar-refractivity contribution in [3.8, 4) is 5.75 Å². The van der Waals surface area contributed by atoms with Gasteiger partial charge in [0.1, 0.15) is 5.75 Å². The van der Waals surface area contributed by atoms with Crippen LogP contribution in [0.2, 0.25) is 0 Å². The summed E-state index contributed by atoms with van der Waals surface area (Å²) in [6.07, 6.45) is 2.08. The maximum atomic E-state index is 12.8. The maximum Gasteiger partial charge on any atom is 0.262 e. The van der Waals surface area contributed by atoms with E-state index in [2.05, 4.69) is 28.8 Å². The quantitative estimate of drug-likeness (QED) is 0.502. The standard InChI is InChI=1S/C25H35N3O5S/c1-4-19(5-2)23(28-14-16-33-17-15-28)18-26-25(29)20-10-12-21(13-11-20)34(30,31)27-22-8-6-7-9-24(22)32-3/h6-13,19,23,27H,4-5,14-18H2,1-3H3,(H,26,29). The summed E-state index contributed by atoms with van der Waals surface area (Å²) in [4.78, 5) is 15.3. The number of para-hydroxylation sites is 2. The van der Waals surface area contributed by atoms with Crippen molar-refractivity contribution in [2.75, 3.05) is 44.7 Å². The smallest absolute Gasteiger partial charge is 0.262 e. The molecule has 0 spiro atoms. The maximum absolute atomic E-state index is 12.8. The Kier molecular flexibility index (Phi) is 9.32. The molecule has 2 aromatic carbocycles. The van der Waals surface area contributed by atoms with Crippen LogP contribution in [0.1, 0.15) is 37.0 Å². The van der Waals surface area contributed by atoms with Crippen LogP contribution in [0.15, 0.2) is 53.4 Å². The largest absolute Gasteiger partial charge is 0.495 e. The predicted octanol–water partition coefficient (Wildman–Crippen LogP) is 3.36. The summed E-state index contributed by atoms with van der Waals surface area (Å²) in [6.45, 7) is 8.06. The van der Waals surface area contributed by atoms with Crippen LogP contribution in [0.4, 0.5) is 5.69 Å². The second-order valence-corrected chi connectivity index (χ2v) is 10.0. The zero-order valence-electron chi connectivity index (χ0n) is 20.1. The molecular formula is C25H35N3O5S. The number of nitrogens with one attached hydrogen (secondary N) is 2. The Morgan fingerprint density at radius 3 is 2.32 bits per heavy atom. The fourth-order valence-electron chi connectivity index (χ4n) is 4.35. The highest BCUT2D eigenvalue weighted by Crippen LogP contribution is 2.26. The lowest BCUT2D eigenvalue weighted by Crippen LogP contribution is -2.52. The van der Waals surface area contributed by atoms with Crippen LogP contribution >= 0.6 is 0 Å². The zero-order chi connectivity index (χ0) is 24.6. The van der Waals surface area contributed by atoms with E-state index in [0.29, 0.717) is 42.7 Å². The Labute approximate surface area is 202 Å². The van der Waals surface area contributed by atoms with E-state index < -0.39 is 10.0 Å². The van der Waals surface area contributed by atoms with Crippen molar-refractivity contribution in [2.24, 2.45) is 5.92 Å². The second kappa shape index (κ2) is 12.2. The Balaban J connectivity index is 1.66. The van der Waals surface area contributed by atoms with Gasteiger partial charge in [0.2, 0.25) is 0 Å². The number of nitrogens with zero attached hydrogens (tertiary/aromatic N) is 1. The molecule has 1 atom stereocenters. The summed E-state index contributed by atoms with van der Waals surface area (Å²) >= 11 is 0. The van der Waals surface area contributed by atoms with E-state index in [1.54, 1.807) is 24.3 Å². The number of methoxy groups -OCH3 is 1. The van der Waals surface area contributed by atoms with Gasteiger partial charge in [-0.05, 0) is 42.3 Å². The van der Waals surface area contributed by atoms with E-state index in [-0.39, 0.29) is 16.8 Å². The molecule has 2 aromatic rings. The number of rotatable bonds is 11. The molecule has 0 radical (unpaired) electrons. The Morgan fingerprint density at radius 1 is 1.06 bits per heavy atom. The van der Waals surface area contributed by atoms with E-state index in [9.17, 15) is 13.2 Å². The first-order chi connectivity index (χ1) is 16.4. The molecule has 1 fully saturated rings. The Morgan fingerprint density at radius 2 is 1.71 bits per heavy atom. The molecule has 0 bridgehead atoms. The average molecular weight is 490 g/mol. The number of carbonyl (C=O) groups excluding carboxylic acids is 1. The first-order valence-corrected chi connectivity index (χ1v) is 13.2. The normalized spacial score (nSPS) is 15.6. The molecule has 0 saturated carbocycles. The SMILES string of the molecule is CCC(CC)C(CNC(=O)c1ccc(S(=O)(=O)Nc2ccccc2OC)cc1)N1CCOCC1. The van der Waals surface area contributed by atoms with Gasteiger partial charge in [-0.25, -0.2) is 8.42 Å². The number of ether oxygens (including phenoxy) is 2. The summed E-state index contributed by atoms with van der Waals surface area (Å²) in [7, 11) is -2.35. The fourth-order valence-corrected chi connectivity index (χ4v) is 5.42. The molecule has 1 heterocycles. The summed E-state index contributed by atoms with van der Waals surface area (Å²) in [5.41, 5.74) is 0.767. The fraction of sp³-hybridized carbons (Fsp3) is 0.480. The van der Waals surface area contributed by atoms with E-state index in [1.165, 1.54) is 31.4 Å². The monoisotopic (exact) mass is 489 g/mol. The molecule has 1 aliphatic rings. The third-order valence-electron chi connectivity index (χ3n) is 6.36. The molecule has 8 nitrogen and oxygen atoms in total. The third kappa shape index (κ3) is 6.49. The molecule has 1 amide bonds. The van der Waals surface area contributed by atoms with Gasteiger partial charge in [-0.15, -0.1) is 0 Å². The highest BCUT2D eigenvalue weighted by atomic mass is 32.2. The third-order valence-corrected chi connectivity index (χ3v) is 7.74. The number of hydrogen-bond donors (Lipinski definition) is 2. The van der Waals surface area contributed by atoms with Crippen molar-refractivity contribution in [1.29, 1.82) is 0 Å². The molecule has 186 valence electrons. The molecule has 34 heavy (non-hydrogen) atoms. The van der Waals surface area contributed by atoms with Crippen molar-refractivity contribution in [1.82, 2.24) is 10.2 Å². The van der Waals surface area contributed by atoms with Crippen molar-refractivity contribution in [2.45, 2.75) is 37.6 Å². The summed E-state index contributed by atoms with van der Waals surface area (Å²) in [5, 5.41) is 3.06. The molecule has 3 rings (SSSR count). The minimum absolute atomic E-state index is 0.0678. The number of amides is 1. The Bertz CT molecular complexity index is 1030. The molecule has 2 N–H and O–H groups in total. The first-order valence-electron chi connectivity index (χ1n) is 11.8. The van der Waals surface area contributed by atoms with Gasteiger partial charge in [0.15, 0.2) is 0 Å². The molecule has 1 aliphatic heterocycles. The lowest BCUT2D eigenvalue weighted by atomic mass is 9.92. The van der Waals surface area contributed by atoms with Gasteiger partial charge in [0.25, 0.3) is 15.9 Å². The lowest BCUT2D eigenvalue weighted by molar-refractivity contribution is 0.00191. The van der Waals surface area contributed by atoms with Gasteiger partial charge in [-0.2, -0.15) is 0 Å². The Hall–Kier alpha value is -2.62. The number of morpholine rings is 1. The van der Waals surface area contributed by atoms with E-state index in [1.807, 2.05) is 0 Å². The topological polar surface area (TPSA) is 97.0 Å². The summed E-state index contributed by atoms with van der Waals surface area (Å²) in [6, 6.07) is 13.0. The van der Waals surface area contributed by atoms with Crippen molar-refractivity contribution < 1.29 is 22.7 Å². The van der Waals surface area contributed by atoms with Crippen LogP contribution in [0, 0.1) is 5.92 Å². The van der Waals surface area contributed by atoms with E-state index >= 15 is 0 Å². The molecule has 0 aliphatic carbocycles. The van der Waals surface area contributed by atoms with Crippen LogP contribution in [-0.2, 0) is 14.8 Å². The number of carbonyl (C=O) groups is 1. The van der Waals surface area contributed by atoms with Crippen molar-refractivity contribution >= 4 is 21.6 Å². The number of hydrogen-bond acceptors (Lipinski definition) is 6. The first kappa shape index (κ1) is 26.0. The van der Waals surface area contributed by atoms with E-state index in [0.717, 1.165) is 25.9 Å². The zero-order valence-corrected chi connectivity index (χ0v) is 20.9. The van der Waals surface area contributed by atoms with Crippen LogP contribution < -0.4 is 14.8 Å². The van der Waals surface area contributed by atoms with Crippen LogP contribution in [-0.4, -0.2) is 65.2 Å². The summed E-state index contributed by atoms with van der Waals surface area (Å²) in [5.74, 6) is 0.687. The van der Waals surface area contributed by atoms with Gasteiger partial charge in [-0.3, -0.25) is 14.4 Å². The van der Waals surface area contributed by atoms with Crippen molar-refractivity contribution in [3.05, 3.63) is 54.1 Å². The summed E-state index contributed by atoms with van der Waals surface area (Å²) < 4.78 is 38.8. The number of anilines is 1. The number of benzene rings is 2. The molecule has 1 saturated heterocycles. The van der Waals surface area contributed by atoms with Gasteiger partial charge >= 0.3 is 0 Å². The molecule has 1 unspecified atom stereocenters. The van der Waals surface area contributed by atoms with Gasteiger partial charge in [0, 0.05) is 31.2 Å².